The minimum Gasteiger partial charge on any atom is -0.328 e. The third kappa shape index (κ3) is 2.21. The van der Waals surface area contributed by atoms with Gasteiger partial charge in [0.2, 0.25) is 0 Å². The van der Waals surface area contributed by atoms with Crippen LogP contribution in [-0.4, -0.2) is 17.0 Å². The maximum Gasteiger partial charge on any atom is 0.145 e. The highest BCUT2D eigenvalue weighted by atomic mass is 15.3. The first kappa shape index (κ1) is 11.8. The van der Waals surface area contributed by atoms with Gasteiger partial charge in [0.05, 0.1) is 11.3 Å². The zero-order valence-electron chi connectivity index (χ0n) is 9.83. The summed E-state index contributed by atoms with van der Waals surface area (Å²) < 4.78 is 0. The lowest BCUT2D eigenvalue weighted by Gasteiger charge is -2.19. The molecule has 0 aliphatic carbocycles. The third-order valence-corrected chi connectivity index (χ3v) is 2.53. The molecule has 1 aromatic carbocycles. The van der Waals surface area contributed by atoms with Crippen molar-refractivity contribution >= 4 is 17.3 Å². The molecule has 2 aromatic rings. The van der Waals surface area contributed by atoms with E-state index in [0.29, 0.717) is 17.2 Å². The van der Waals surface area contributed by atoms with Gasteiger partial charge in [0.25, 0.3) is 0 Å². The van der Waals surface area contributed by atoms with Crippen LogP contribution in [0.2, 0.25) is 0 Å². The van der Waals surface area contributed by atoms with Crippen LogP contribution in [-0.2, 0) is 0 Å². The number of aromatic nitrogens is 2. The molecule has 0 aliphatic heterocycles. The fourth-order valence-electron chi connectivity index (χ4n) is 1.59. The Morgan fingerprint density at radius 3 is 2.83 bits per heavy atom. The van der Waals surface area contributed by atoms with Gasteiger partial charge < -0.3 is 10.3 Å². The smallest absolute Gasteiger partial charge is 0.145 e. The monoisotopic (exact) mass is 240 g/mol. The summed E-state index contributed by atoms with van der Waals surface area (Å²) in [6.45, 7) is 0. The van der Waals surface area contributed by atoms with Crippen molar-refractivity contribution in [3.63, 3.8) is 0 Å². The van der Waals surface area contributed by atoms with E-state index in [-0.39, 0.29) is 0 Å². The molecule has 0 atom stereocenters. The van der Waals surface area contributed by atoms with Gasteiger partial charge in [-0.3, -0.25) is 0 Å². The maximum absolute atomic E-state index is 9.07. The number of anilines is 3. The number of nitriles is 1. The molecular weight excluding hydrogens is 228 g/mol. The molecular formula is C12H12N6. The van der Waals surface area contributed by atoms with Crippen molar-refractivity contribution in [3.8, 4) is 6.07 Å². The Labute approximate surface area is 105 Å². The molecule has 6 nitrogen and oxygen atoms in total. The van der Waals surface area contributed by atoms with Crippen LogP contribution in [0.4, 0.5) is 17.3 Å². The average molecular weight is 240 g/mol. The molecule has 1 aromatic heterocycles. The molecule has 18 heavy (non-hydrogen) atoms. The molecule has 0 saturated carbocycles. The molecule has 0 amide bonds. The largest absolute Gasteiger partial charge is 0.328 e. The Morgan fingerprint density at radius 2 is 2.11 bits per heavy atom. The predicted octanol–water partition coefficient (Wildman–Crippen LogP) is 1.40. The first-order valence-electron chi connectivity index (χ1n) is 5.28. The highest BCUT2D eigenvalue weighted by molar-refractivity contribution is 5.67. The van der Waals surface area contributed by atoms with Crippen molar-refractivity contribution < 1.29 is 0 Å². The Hall–Kier alpha value is -2.65. The van der Waals surface area contributed by atoms with E-state index in [0.717, 1.165) is 5.69 Å². The fraction of sp³-hybridized carbons (Fsp3) is 0.0833. The summed E-state index contributed by atoms with van der Waals surface area (Å²) in [5.41, 5.74) is 3.82. The molecule has 0 radical (unpaired) electrons. The number of rotatable bonds is 3. The number of hydrogen-bond acceptors (Lipinski definition) is 6. The van der Waals surface area contributed by atoms with Crippen LogP contribution in [0.5, 0.6) is 0 Å². The van der Waals surface area contributed by atoms with Crippen molar-refractivity contribution in [1.29, 1.82) is 5.26 Å². The van der Waals surface area contributed by atoms with Crippen molar-refractivity contribution in [1.82, 2.24) is 9.97 Å². The second kappa shape index (κ2) is 5.12. The Balaban J connectivity index is 2.41. The van der Waals surface area contributed by atoms with Crippen LogP contribution in [0.25, 0.3) is 0 Å². The number of para-hydroxylation sites is 1. The number of nitrogens with one attached hydrogen (secondary N) is 1. The molecule has 0 fully saturated rings. The van der Waals surface area contributed by atoms with Gasteiger partial charge in [-0.1, -0.05) is 12.1 Å². The Morgan fingerprint density at radius 1 is 1.33 bits per heavy atom. The van der Waals surface area contributed by atoms with Crippen LogP contribution >= 0.6 is 0 Å². The summed E-state index contributed by atoms with van der Waals surface area (Å²) in [5.74, 6) is 6.47. The molecule has 0 aliphatic rings. The normalized spacial score (nSPS) is 9.61. The van der Waals surface area contributed by atoms with Gasteiger partial charge >= 0.3 is 0 Å². The lowest BCUT2D eigenvalue weighted by atomic mass is 10.2. The van der Waals surface area contributed by atoms with E-state index in [1.165, 1.54) is 6.33 Å². The number of nitrogens with two attached hydrogens (primary N) is 1. The molecule has 0 bridgehead atoms. The van der Waals surface area contributed by atoms with Gasteiger partial charge in [-0.15, -0.1) is 0 Å². The summed E-state index contributed by atoms with van der Waals surface area (Å²) in [4.78, 5) is 9.89. The zero-order chi connectivity index (χ0) is 13.0. The van der Waals surface area contributed by atoms with E-state index >= 15 is 0 Å². The van der Waals surface area contributed by atoms with Crippen molar-refractivity contribution in [2.24, 2.45) is 5.84 Å². The van der Waals surface area contributed by atoms with E-state index in [2.05, 4.69) is 21.5 Å². The molecule has 1 heterocycles. The summed E-state index contributed by atoms with van der Waals surface area (Å²) in [6, 6.07) is 11.2. The van der Waals surface area contributed by atoms with Gasteiger partial charge in [-0.25, -0.2) is 15.8 Å². The van der Waals surface area contributed by atoms with Gasteiger partial charge in [0.15, 0.2) is 0 Å². The average Bonchev–Trinajstić information content (AvgIpc) is 2.46. The number of nitrogens with zero attached hydrogens (tertiary/aromatic N) is 4. The fourth-order valence-corrected chi connectivity index (χ4v) is 1.59. The SMILES string of the molecule is CN(c1cc(NN)ncn1)c1ccccc1C#N. The van der Waals surface area contributed by atoms with E-state index in [1.54, 1.807) is 17.0 Å². The van der Waals surface area contributed by atoms with E-state index < -0.39 is 0 Å². The first-order valence-corrected chi connectivity index (χ1v) is 5.28. The second-order valence-corrected chi connectivity index (χ2v) is 3.59. The Bertz CT molecular complexity index is 589. The molecule has 3 N–H and O–H groups in total. The van der Waals surface area contributed by atoms with E-state index in [1.807, 2.05) is 25.2 Å². The van der Waals surface area contributed by atoms with Crippen molar-refractivity contribution in [2.75, 3.05) is 17.4 Å². The Kier molecular flexibility index (Phi) is 3.36. The molecule has 0 saturated heterocycles. The minimum absolute atomic E-state index is 0.515. The highest BCUT2D eigenvalue weighted by Gasteiger charge is 2.10. The summed E-state index contributed by atoms with van der Waals surface area (Å²) in [6.07, 6.45) is 1.41. The number of benzene rings is 1. The van der Waals surface area contributed by atoms with Crippen LogP contribution in [0.1, 0.15) is 5.56 Å². The summed E-state index contributed by atoms with van der Waals surface area (Å²) >= 11 is 0. The van der Waals surface area contributed by atoms with E-state index in [4.69, 9.17) is 11.1 Å². The predicted molar refractivity (Wildman–Crippen MR) is 69.1 cm³/mol. The molecule has 90 valence electrons. The molecule has 0 spiro atoms. The van der Waals surface area contributed by atoms with Gasteiger partial charge in [0.1, 0.15) is 24.0 Å². The van der Waals surface area contributed by atoms with Crippen LogP contribution in [0, 0.1) is 11.3 Å². The van der Waals surface area contributed by atoms with Gasteiger partial charge in [0, 0.05) is 13.1 Å². The second-order valence-electron chi connectivity index (χ2n) is 3.59. The van der Waals surface area contributed by atoms with Gasteiger partial charge in [-0.05, 0) is 12.1 Å². The molecule has 6 heteroatoms. The van der Waals surface area contributed by atoms with Crippen LogP contribution in [0.3, 0.4) is 0 Å². The van der Waals surface area contributed by atoms with Crippen LogP contribution in [0.15, 0.2) is 36.7 Å². The molecule has 0 unspecified atom stereocenters. The highest BCUT2D eigenvalue weighted by Crippen LogP contribution is 2.25. The lowest BCUT2D eigenvalue weighted by molar-refractivity contribution is 1.07. The molecule has 2 rings (SSSR count). The van der Waals surface area contributed by atoms with E-state index in [9.17, 15) is 0 Å². The van der Waals surface area contributed by atoms with Crippen molar-refractivity contribution in [3.05, 3.63) is 42.2 Å². The third-order valence-electron chi connectivity index (χ3n) is 2.53. The summed E-state index contributed by atoms with van der Waals surface area (Å²) in [7, 11) is 1.83. The lowest BCUT2D eigenvalue weighted by Crippen LogP contribution is -2.15. The minimum atomic E-state index is 0.515. The van der Waals surface area contributed by atoms with Gasteiger partial charge in [-0.2, -0.15) is 5.26 Å². The summed E-state index contributed by atoms with van der Waals surface area (Å²) in [5, 5.41) is 9.07. The number of hydrogen-bond donors (Lipinski definition) is 2. The van der Waals surface area contributed by atoms with Crippen LogP contribution < -0.4 is 16.2 Å². The zero-order valence-corrected chi connectivity index (χ0v) is 9.83. The first-order chi connectivity index (χ1) is 8.76. The van der Waals surface area contributed by atoms with Crippen molar-refractivity contribution in [2.45, 2.75) is 0 Å². The topological polar surface area (TPSA) is 90.9 Å². The number of hydrazine groups is 1. The standard InChI is InChI=1S/C12H12N6/c1-18(10-5-3-2-4-9(10)7-13)12-6-11(17-14)15-8-16-12/h2-6,8H,14H2,1H3,(H,15,16,17). The number of nitrogen functional groups attached to an aromatic ring is 1. The maximum atomic E-state index is 9.07. The quantitative estimate of drug-likeness (QED) is 0.622.